The molecule has 0 saturated carbocycles. The highest BCUT2D eigenvalue weighted by atomic mass is 16.3. The highest BCUT2D eigenvalue weighted by Gasteiger charge is 2.34. The van der Waals surface area contributed by atoms with E-state index >= 15 is 0 Å². The fraction of sp³-hybridized carbons (Fsp3) is 0.667. The molecule has 2 aliphatic rings. The molecule has 3 heterocycles. The Kier molecular flexibility index (Phi) is 3.71. The maximum Gasteiger partial charge on any atom is 0.128 e. The number of aliphatic hydroxyl groups is 1. The smallest absolute Gasteiger partial charge is 0.128 e. The molecule has 0 spiro atoms. The molecule has 4 nitrogen and oxygen atoms in total. The van der Waals surface area contributed by atoms with Crippen LogP contribution < -0.4 is 4.90 Å². The minimum atomic E-state index is 0.0243. The third-order valence-electron chi connectivity index (χ3n) is 4.62. The lowest BCUT2D eigenvalue weighted by atomic mass is 9.84. The van der Waals surface area contributed by atoms with Crippen molar-refractivity contribution in [1.29, 1.82) is 0 Å². The van der Waals surface area contributed by atoms with Crippen molar-refractivity contribution >= 4 is 5.82 Å². The number of pyridine rings is 1. The number of anilines is 1. The predicted octanol–water partition coefficient (Wildman–Crippen LogP) is 1.49. The van der Waals surface area contributed by atoms with Crippen molar-refractivity contribution in [2.24, 2.45) is 5.92 Å². The largest absolute Gasteiger partial charge is 0.390 e. The Labute approximate surface area is 115 Å². The summed E-state index contributed by atoms with van der Waals surface area (Å²) in [5.41, 5.74) is 0.764. The van der Waals surface area contributed by atoms with E-state index in [2.05, 4.69) is 27.9 Å². The lowest BCUT2D eigenvalue weighted by molar-refractivity contribution is 0.102. The molecule has 2 unspecified atom stereocenters. The molecule has 0 amide bonds. The van der Waals surface area contributed by atoms with Gasteiger partial charge in [0.15, 0.2) is 0 Å². The van der Waals surface area contributed by atoms with Gasteiger partial charge in [0.1, 0.15) is 5.82 Å². The summed E-state index contributed by atoms with van der Waals surface area (Å²) in [4.78, 5) is 9.45. The van der Waals surface area contributed by atoms with Crippen molar-refractivity contribution in [1.82, 2.24) is 9.88 Å². The second kappa shape index (κ2) is 5.47. The SMILES string of the molecule is CN1CCCC2CN(c3cccc(CO)n3)CCC21. The quantitative estimate of drug-likeness (QED) is 0.875. The van der Waals surface area contributed by atoms with Crippen molar-refractivity contribution in [3.05, 3.63) is 23.9 Å². The van der Waals surface area contributed by atoms with Gasteiger partial charge in [0, 0.05) is 19.1 Å². The molecule has 1 N–H and O–H groups in total. The maximum absolute atomic E-state index is 9.19. The Morgan fingerprint density at radius 3 is 3.05 bits per heavy atom. The Morgan fingerprint density at radius 2 is 2.21 bits per heavy atom. The second-order valence-corrected chi connectivity index (χ2v) is 5.83. The molecule has 104 valence electrons. The van der Waals surface area contributed by atoms with Crippen LogP contribution in [0.15, 0.2) is 18.2 Å². The summed E-state index contributed by atoms with van der Waals surface area (Å²) in [7, 11) is 2.26. The van der Waals surface area contributed by atoms with Gasteiger partial charge in [0.2, 0.25) is 0 Å². The summed E-state index contributed by atoms with van der Waals surface area (Å²) < 4.78 is 0. The maximum atomic E-state index is 9.19. The molecule has 3 rings (SSSR count). The van der Waals surface area contributed by atoms with Crippen molar-refractivity contribution in [2.45, 2.75) is 31.9 Å². The molecule has 2 atom stereocenters. The van der Waals surface area contributed by atoms with E-state index in [1.807, 2.05) is 12.1 Å². The summed E-state index contributed by atoms with van der Waals surface area (Å²) in [5, 5.41) is 9.19. The number of aliphatic hydroxyl groups excluding tert-OH is 1. The van der Waals surface area contributed by atoms with E-state index in [-0.39, 0.29) is 6.61 Å². The monoisotopic (exact) mass is 261 g/mol. The van der Waals surface area contributed by atoms with E-state index in [9.17, 15) is 5.11 Å². The predicted molar refractivity (Wildman–Crippen MR) is 76.1 cm³/mol. The molecule has 0 aromatic carbocycles. The number of aromatic nitrogens is 1. The molecular formula is C15H23N3O. The van der Waals surface area contributed by atoms with E-state index < -0.39 is 0 Å². The van der Waals surface area contributed by atoms with Gasteiger partial charge in [0.05, 0.1) is 12.3 Å². The fourth-order valence-corrected chi connectivity index (χ4v) is 3.59. The number of rotatable bonds is 2. The molecular weight excluding hydrogens is 238 g/mol. The summed E-state index contributed by atoms with van der Waals surface area (Å²) in [5.74, 6) is 1.80. The lowest BCUT2D eigenvalue weighted by Gasteiger charge is -2.46. The first kappa shape index (κ1) is 12.9. The lowest BCUT2D eigenvalue weighted by Crippen LogP contribution is -2.52. The van der Waals surface area contributed by atoms with Crippen LogP contribution >= 0.6 is 0 Å². The second-order valence-electron chi connectivity index (χ2n) is 5.83. The summed E-state index contributed by atoms with van der Waals surface area (Å²) in [6.07, 6.45) is 3.88. The number of likely N-dealkylation sites (tertiary alicyclic amines) is 1. The third kappa shape index (κ3) is 2.60. The van der Waals surface area contributed by atoms with E-state index in [0.29, 0.717) is 0 Å². The summed E-state index contributed by atoms with van der Waals surface area (Å²) >= 11 is 0. The zero-order valence-electron chi connectivity index (χ0n) is 11.6. The van der Waals surface area contributed by atoms with Crippen LogP contribution in [-0.4, -0.2) is 47.7 Å². The Hall–Kier alpha value is -1.13. The third-order valence-corrected chi connectivity index (χ3v) is 4.62. The minimum absolute atomic E-state index is 0.0243. The average molecular weight is 261 g/mol. The number of fused-ring (bicyclic) bond motifs is 1. The van der Waals surface area contributed by atoms with Crippen LogP contribution in [0.1, 0.15) is 25.0 Å². The van der Waals surface area contributed by atoms with Crippen LogP contribution in [-0.2, 0) is 6.61 Å². The van der Waals surface area contributed by atoms with E-state index in [0.717, 1.165) is 36.6 Å². The number of nitrogens with zero attached hydrogens (tertiary/aromatic N) is 3. The topological polar surface area (TPSA) is 39.6 Å². The molecule has 0 radical (unpaired) electrons. The number of hydrogen-bond acceptors (Lipinski definition) is 4. The highest BCUT2D eigenvalue weighted by Crippen LogP contribution is 2.31. The van der Waals surface area contributed by atoms with Crippen LogP contribution in [0.2, 0.25) is 0 Å². The van der Waals surface area contributed by atoms with Crippen molar-refractivity contribution < 1.29 is 5.11 Å². The molecule has 2 fully saturated rings. The standard InChI is InChI=1S/C15H23N3O/c1-17-8-3-4-12-10-18(9-7-14(12)17)15-6-2-5-13(11-19)16-15/h2,5-6,12,14,19H,3-4,7-11H2,1H3. The average Bonchev–Trinajstić information content (AvgIpc) is 2.47. The Balaban J connectivity index is 1.73. The molecule has 1 aromatic rings. The molecule has 4 heteroatoms. The van der Waals surface area contributed by atoms with Gasteiger partial charge in [-0.15, -0.1) is 0 Å². The van der Waals surface area contributed by atoms with Crippen LogP contribution in [0.25, 0.3) is 0 Å². The van der Waals surface area contributed by atoms with E-state index in [1.54, 1.807) is 0 Å². The number of hydrogen-bond donors (Lipinski definition) is 1. The Morgan fingerprint density at radius 1 is 1.32 bits per heavy atom. The fourth-order valence-electron chi connectivity index (χ4n) is 3.59. The van der Waals surface area contributed by atoms with Crippen molar-refractivity contribution in [2.75, 3.05) is 31.6 Å². The van der Waals surface area contributed by atoms with Crippen LogP contribution in [0, 0.1) is 5.92 Å². The minimum Gasteiger partial charge on any atom is -0.390 e. The van der Waals surface area contributed by atoms with Gasteiger partial charge in [-0.05, 0) is 50.9 Å². The molecule has 0 bridgehead atoms. The summed E-state index contributed by atoms with van der Waals surface area (Å²) in [6, 6.07) is 6.69. The van der Waals surface area contributed by atoms with Gasteiger partial charge in [-0.3, -0.25) is 0 Å². The first-order chi connectivity index (χ1) is 9.28. The zero-order chi connectivity index (χ0) is 13.2. The van der Waals surface area contributed by atoms with Gasteiger partial charge >= 0.3 is 0 Å². The Bertz CT molecular complexity index is 437. The normalized spacial score (nSPS) is 28.2. The van der Waals surface area contributed by atoms with Gasteiger partial charge in [-0.1, -0.05) is 6.07 Å². The number of piperidine rings is 2. The highest BCUT2D eigenvalue weighted by molar-refractivity contribution is 5.40. The molecule has 2 saturated heterocycles. The van der Waals surface area contributed by atoms with Crippen molar-refractivity contribution in [3.63, 3.8) is 0 Å². The first-order valence-electron chi connectivity index (χ1n) is 7.30. The van der Waals surface area contributed by atoms with Gasteiger partial charge in [-0.25, -0.2) is 4.98 Å². The first-order valence-corrected chi connectivity index (χ1v) is 7.30. The van der Waals surface area contributed by atoms with Crippen LogP contribution in [0.5, 0.6) is 0 Å². The van der Waals surface area contributed by atoms with Crippen molar-refractivity contribution in [3.8, 4) is 0 Å². The van der Waals surface area contributed by atoms with E-state index in [1.165, 1.54) is 25.8 Å². The van der Waals surface area contributed by atoms with E-state index in [4.69, 9.17) is 0 Å². The van der Waals surface area contributed by atoms with Gasteiger partial charge in [0.25, 0.3) is 0 Å². The molecule has 0 aliphatic carbocycles. The summed E-state index contributed by atoms with van der Waals surface area (Å²) in [6.45, 7) is 3.46. The zero-order valence-corrected chi connectivity index (χ0v) is 11.6. The van der Waals surface area contributed by atoms with Crippen LogP contribution in [0.3, 0.4) is 0 Å². The molecule has 19 heavy (non-hydrogen) atoms. The molecule has 2 aliphatic heterocycles. The van der Waals surface area contributed by atoms with Gasteiger partial charge < -0.3 is 14.9 Å². The molecule has 1 aromatic heterocycles. The van der Waals surface area contributed by atoms with Gasteiger partial charge in [-0.2, -0.15) is 0 Å². The van der Waals surface area contributed by atoms with Crippen LogP contribution in [0.4, 0.5) is 5.82 Å².